The first-order chi connectivity index (χ1) is 10.3. The number of benzene rings is 1. The third kappa shape index (κ3) is 3.03. The van der Waals surface area contributed by atoms with E-state index in [1.165, 1.54) is 36.1 Å². The Morgan fingerprint density at radius 2 is 2.14 bits per heavy atom. The molecule has 3 heteroatoms. The van der Waals surface area contributed by atoms with Gasteiger partial charge in [0, 0.05) is 25.0 Å². The molecule has 3 rings (SSSR count). The summed E-state index contributed by atoms with van der Waals surface area (Å²) in [5.74, 6) is 0.717. The molecule has 1 aliphatic rings. The molecule has 0 aliphatic heterocycles. The topological polar surface area (TPSA) is 29.9 Å². The maximum absolute atomic E-state index is 4.27. The Hall–Kier alpha value is -1.61. The maximum Gasteiger partial charge on any atom is 0.0492 e. The first-order valence-electron chi connectivity index (χ1n) is 8.07. The fourth-order valence-corrected chi connectivity index (χ4v) is 3.61. The third-order valence-electron chi connectivity index (χ3n) is 4.76. The highest BCUT2D eigenvalue weighted by atomic mass is 15.2. The molecular weight excluding hydrogens is 258 g/mol. The second-order valence-corrected chi connectivity index (χ2v) is 6.02. The van der Waals surface area contributed by atoms with Crippen molar-refractivity contribution in [2.45, 2.75) is 38.6 Å². The van der Waals surface area contributed by atoms with E-state index < -0.39 is 0 Å². The van der Waals surface area contributed by atoms with Crippen LogP contribution in [0.25, 0.3) is 0 Å². The molecule has 1 aliphatic carbocycles. The minimum absolute atomic E-state index is 0.508. The first kappa shape index (κ1) is 14.3. The predicted molar refractivity (Wildman–Crippen MR) is 86.2 cm³/mol. The first-order valence-corrected chi connectivity index (χ1v) is 8.07. The number of nitrogens with one attached hydrogen (secondary N) is 1. The fourth-order valence-electron chi connectivity index (χ4n) is 3.61. The van der Waals surface area contributed by atoms with Crippen LogP contribution < -0.4 is 5.32 Å². The summed E-state index contributed by atoms with van der Waals surface area (Å²) in [6.45, 7) is 3.23. The lowest BCUT2D eigenvalue weighted by atomic mass is 9.77. The van der Waals surface area contributed by atoms with Crippen molar-refractivity contribution in [2.75, 3.05) is 6.54 Å². The second-order valence-electron chi connectivity index (χ2n) is 6.02. The molecule has 0 saturated heterocycles. The normalized spacial score (nSPS) is 21.2. The van der Waals surface area contributed by atoms with Crippen LogP contribution in [0.15, 0.2) is 36.5 Å². The van der Waals surface area contributed by atoms with Gasteiger partial charge in [-0.3, -0.25) is 4.68 Å². The van der Waals surface area contributed by atoms with Crippen molar-refractivity contribution in [3.63, 3.8) is 0 Å². The molecule has 0 spiro atoms. The number of hydrogen-bond donors (Lipinski definition) is 1. The average Bonchev–Trinajstić information content (AvgIpc) is 2.92. The van der Waals surface area contributed by atoms with Crippen molar-refractivity contribution in [1.29, 1.82) is 0 Å². The number of aryl methyl sites for hydroxylation is 3. The van der Waals surface area contributed by atoms with Gasteiger partial charge in [-0.05, 0) is 55.3 Å². The smallest absolute Gasteiger partial charge is 0.0492 e. The summed E-state index contributed by atoms with van der Waals surface area (Å²) in [7, 11) is 2.04. The summed E-state index contributed by atoms with van der Waals surface area (Å²) in [4.78, 5) is 0. The predicted octanol–water partition coefficient (Wildman–Crippen LogP) is 3.27. The van der Waals surface area contributed by atoms with Crippen LogP contribution in [0.5, 0.6) is 0 Å². The lowest BCUT2D eigenvalue weighted by Gasteiger charge is -2.34. The van der Waals surface area contributed by atoms with Gasteiger partial charge in [-0.2, -0.15) is 5.10 Å². The van der Waals surface area contributed by atoms with Gasteiger partial charge >= 0.3 is 0 Å². The van der Waals surface area contributed by atoms with E-state index in [2.05, 4.69) is 47.7 Å². The molecule has 0 saturated carbocycles. The van der Waals surface area contributed by atoms with E-state index in [1.54, 1.807) is 0 Å². The molecule has 1 heterocycles. The molecule has 3 nitrogen and oxygen atoms in total. The molecule has 0 radical (unpaired) electrons. The third-order valence-corrected chi connectivity index (χ3v) is 4.76. The van der Waals surface area contributed by atoms with Crippen LogP contribution >= 0.6 is 0 Å². The number of aromatic nitrogens is 2. The Morgan fingerprint density at radius 3 is 2.90 bits per heavy atom. The zero-order chi connectivity index (χ0) is 14.7. The fraction of sp³-hybridized carbons (Fsp3) is 0.500. The molecule has 2 unspecified atom stereocenters. The molecule has 2 aromatic rings. The highest BCUT2D eigenvalue weighted by Gasteiger charge is 2.28. The molecule has 1 aromatic carbocycles. The summed E-state index contributed by atoms with van der Waals surface area (Å²) in [5, 5.41) is 7.99. The van der Waals surface area contributed by atoms with Gasteiger partial charge in [-0.1, -0.05) is 31.2 Å². The second kappa shape index (κ2) is 6.44. The monoisotopic (exact) mass is 283 g/mol. The number of hydrogen-bond acceptors (Lipinski definition) is 2. The van der Waals surface area contributed by atoms with E-state index in [9.17, 15) is 0 Å². The van der Waals surface area contributed by atoms with E-state index >= 15 is 0 Å². The largest absolute Gasteiger partial charge is 0.310 e. The van der Waals surface area contributed by atoms with Crippen molar-refractivity contribution >= 4 is 0 Å². The molecule has 1 N–H and O–H groups in total. The van der Waals surface area contributed by atoms with Gasteiger partial charge in [0.05, 0.1) is 0 Å². The number of fused-ring (bicyclic) bond motifs is 1. The Balaban J connectivity index is 1.74. The van der Waals surface area contributed by atoms with Gasteiger partial charge in [-0.15, -0.1) is 0 Å². The Kier molecular flexibility index (Phi) is 4.39. The molecule has 0 fully saturated rings. The van der Waals surface area contributed by atoms with E-state index in [1.807, 2.05) is 17.9 Å². The van der Waals surface area contributed by atoms with E-state index in [4.69, 9.17) is 0 Å². The van der Waals surface area contributed by atoms with Crippen molar-refractivity contribution < 1.29 is 0 Å². The lowest BCUT2D eigenvalue weighted by molar-refractivity contribution is 0.305. The SMILES string of the molecule is CCNC1c2ccccc2CCC1CCc1ccnn1C. The summed E-state index contributed by atoms with van der Waals surface area (Å²) in [6.07, 6.45) is 6.74. The Morgan fingerprint density at radius 1 is 1.29 bits per heavy atom. The molecule has 21 heavy (non-hydrogen) atoms. The minimum atomic E-state index is 0.508. The van der Waals surface area contributed by atoms with Crippen molar-refractivity contribution in [1.82, 2.24) is 15.1 Å². The van der Waals surface area contributed by atoms with Crippen LogP contribution in [0.3, 0.4) is 0 Å². The molecule has 1 aromatic heterocycles. The molecule has 2 atom stereocenters. The highest BCUT2D eigenvalue weighted by Crippen LogP contribution is 2.36. The summed E-state index contributed by atoms with van der Waals surface area (Å²) < 4.78 is 2.00. The van der Waals surface area contributed by atoms with Gasteiger partial charge in [0.2, 0.25) is 0 Å². The Labute approximate surface area is 127 Å². The molecule has 112 valence electrons. The van der Waals surface area contributed by atoms with Crippen molar-refractivity contribution in [3.8, 4) is 0 Å². The zero-order valence-electron chi connectivity index (χ0n) is 13.0. The van der Waals surface area contributed by atoms with Crippen LogP contribution in [0.1, 0.15) is 42.6 Å². The average molecular weight is 283 g/mol. The van der Waals surface area contributed by atoms with E-state index in [0.29, 0.717) is 6.04 Å². The van der Waals surface area contributed by atoms with Crippen LogP contribution in [-0.4, -0.2) is 16.3 Å². The van der Waals surface area contributed by atoms with E-state index in [0.717, 1.165) is 18.9 Å². The van der Waals surface area contributed by atoms with Gasteiger partial charge in [-0.25, -0.2) is 0 Å². The standard InChI is InChI=1S/C18H25N3/c1-3-19-18-15(10-11-16-12-13-20-21(16)2)9-8-14-6-4-5-7-17(14)18/h4-7,12-13,15,18-19H,3,8-11H2,1-2H3. The quantitative estimate of drug-likeness (QED) is 0.912. The Bertz CT molecular complexity index is 588. The van der Waals surface area contributed by atoms with Crippen LogP contribution in [0.4, 0.5) is 0 Å². The number of nitrogens with zero attached hydrogens (tertiary/aromatic N) is 2. The maximum atomic E-state index is 4.27. The van der Waals surface area contributed by atoms with Crippen LogP contribution in [-0.2, 0) is 19.9 Å². The summed E-state index contributed by atoms with van der Waals surface area (Å²) in [6, 6.07) is 11.6. The molecule has 0 amide bonds. The highest BCUT2D eigenvalue weighted by molar-refractivity contribution is 5.33. The minimum Gasteiger partial charge on any atom is -0.310 e. The van der Waals surface area contributed by atoms with Crippen LogP contribution in [0, 0.1) is 5.92 Å². The van der Waals surface area contributed by atoms with Crippen LogP contribution in [0.2, 0.25) is 0 Å². The zero-order valence-corrected chi connectivity index (χ0v) is 13.0. The van der Waals surface area contributed by atoms with Crippen molar-refractivity contribution in [2.24, 2.45) is 13.0 Å². The molecule has 0 bridgehead atoms. The summed E-state index contributed by atoms with van der Waals surface area (Å²) in [5.41, 5.74) is 4.38. The van der Waals surface area contributed by atoms with Gasteiger partial charge in [0.25, 0.3) is 0 Å². The van der Waals surface area contributed by atoms with Crippen molar-refractivity contribution in [3.05, 3.63) is 53.3 Å². The van der Waals surface area contributed by atoms with E-state index in [-0.39, 0.29) is 0 Å². The summed E-state index contributed by atoms with van der Waals surface area (Å²) >= 11 is 0. The number of rotatable bonds is 5. The lowest BCUT2D eigenvalue weighted by Crippen LogP contribution is -2.32. The van der Waals surface area contributed by atoms with Gasteiger partial charge in [0.1, 0.15) is 0 Å². The van der Waals surface area contributed by atoms with Gasteiger partial charge < -0.3 is 5.32 Å². The van der Waals surface area contributed by atoms with Gasteiger partial charge in [0.15, 0.2) is 0 Å². The molecular formula is C18H25N3.